The van der Waals surface area contributed by atoms with Gasteiger partial charge in [0.15, 0.2) is 0 Å². The van der Waals surface area contributed by atoms with E-state index in [0.29, 0.717) is 18.1 Å². The van der Waals surface area contributed by atoms with Crippen LogP contribution in [0.3, 0.4) is 0 Å². The van der Waals surface area contributed by atoms with E-state index in [1.165, 1.54) is 0 Å². The number of carbonyl (C=O) groups is 1. The van der Waals surface area contributed by atoms with Crippen LogP contribution < -0.4 is 5.32 Å². The lowest BCUT2D eigenvalue weighted by molar-refractivity contribution is -0.125. The lowest BCUT2D eigenvalue weighted by Gasteiger charge is -2.22. The highest BCUT2D eigenvalue weighted by Gasteiger charge is 2.19. The first-order valence-corrected chi connectivity index (χ1v) is 7.48. The van der Waals surface area contributed by atoms with Gasteiger partial charge in [0, 0.05) is 24.2 Å². The van der Waals surface area contributed by atoms with E-state index >= 15 is 0 Å². The first kappa shape index (κ1) is 16.5. The molecule has 0 fully saturated rings. The molecule has 6 heteroatoms. The minimum atomic E-state index is -0.278. The molecule has 0 saturated heterocycles. The third-order valence-corrected chi connectivity index (χ3v) is 3.91. The number of likely N-dealkylation sites (N-methyl/N-ethyl adjacent to an activating group) is 1. The standard InChI is InChI=1S/C16H20ClN3O2/c1-11-8-14(19-22-11)10-20(3)12(2)16(21)18-9-13-6-4-5-7-15(13)17/h4-8,12H,9-10H2,1-3H3,(H,18,21). The molecule has 0 aliphatic rings. The summed E-state index contributed by atoms with van der Waals surface area (Å²) < 4.78 is 5.03. The smallest absolute Gasteiger partial charge is 0.237 e. The van der Waals surface area contributed by atoms with Crippen molar-refractivity contribution in [3.63, 3.8) is 0 Å². The van der Waals surface area contributed by atoms with E-state index in [9.17, 15) is 4.79 Å². The molecular weight excluding hydrogens is 302 g/mol. The molecular formula is C16H20ClN3O2. The van der Waals surface area contributed by atoms with E-state index in [-0.39, 0.29) is 11.9 Å². The fraction of sp³-hybridized carbons (Fsp3) is 0.375. The minimum Gasteiger partial charge on any atom is -0.361 e. The summed E-state index contributed by atoms with van der Waals surface area (Å²) in [4.78, 5) is 14.1. The number of hydrogen-bond donors (Lipinski definition) is 1. The lowest BCUT2D eigenvalue weighted by Crippen LogP contribution is -2.42. The second-order valence-corrected chi connectivity index (χ2v) is 5.74. The third-order valence-electron chi connectivity index (χ3n) is 3.54. The molecule has 22 heavy (non-hydrogen) atoms. The van der Waals surface area contributed by atoms with Gasteiger partial charge in [0.1, 0.15) is 5.76 Å². The van der Waals surface area contributed by atoms with Crippen LogP contribution in [0.2, 0.25) is 5.02 Å². The summed E-state index contributed by atoms with van der Waals surface area (Å²) in [6, 6.07) is 9.06. The molecule has 1 atom stereocenters. The van der Waals surface area contributed by atoms with E-state index in [1.54, 1.807) is 0 Å². The fourth-order valence-electron chi connectivity index (χ4n) is 2.06. The van der Waals surface area contributed by atoms with Crippen molar-refractivity contribution in [3.8, 4) is 0 Å². The Morgan fingerprint density at radius 2 is 2.18 bits per heavy atom. The molecule has 118 valence electrons. The fourth-order valence-corrected chi connectivity index (χ4v) is 2.26. The van der Waals surface area contributed by atoms with Crippen molar-refractivity contribution >= 4 is 17.5 Å². The number of nitrogens with zero attached hydrogens (tertiary/aromatic N) is 2. The maximum atomic E-state index is 12.2. The minimum absolute atomic E-state index is 0.0531. The van der Waals surface area contributed by atoms with Crippen LogP contribution in [0.5, 0.6) is 0 Å². The van der Waals surface area contributed by atoms with Crippen LogP contribution in [0.1, 0.15) is 23.9 Å². The molecule has 2 rings (SSSR count). The summed E-state index contributed by atoms with van der Waals surface area (Å²) in [6.45, 7) is 4.67. The highest BCUT2D eigenvalue weighted by molar-refractivity contribution is 6.31. The average Bonchev–Trinajstić information content (AvgIpc) is 2.90. The van der Waals surface area contributed by atoms with Gasteiger partial charge in [-0.3, -0.25) is 9.69 Å². The molecule has 5 nitrogen and oxygen atoms in total. The van der Waals surface area contributed by atoms with Gasteiger partial charge in [-0.15, -0.1) is 0 Å². The number of hydrogen-bond acceptors (Lipinski definition) is 4. The van der Waals surface area contributed by atoms with Gasteiger partial charge in [0.25, 0.3) is 0 Å². The average molecular weight is 322 g/mol. The molecule has 1 aromatic heterocycles. The van der Waals surface area contributed by atoms with Gasteiger partial charge in [-0.2, -0.15) is 0 Å². The summed E-state index contributed by atoms with van der Waals surface area (Å²) in [7, 11) is 1.88. The van der Waals surface area contributed by atoms with Crippen molar-refractivity contribution in [2.24, 2.45) is 0 Å². The zero-order valence-corrected chi connectivity index (χ0v) is 13.7. The molecule has 0 radical (unpaired) electrons. The number of benzene rings is 1. The number of rotatable bonds is 6. The van der Waals surface area contributed by atoms with Crippen LogP contribution >= 0.6 is 11.6 Å². The molecule has 1 amide bonds. The SMILES string of the molecule is Cc1cc(CN(C)C(C)C(=O)NCc2ccccc2Cl)no1. The predicted molar refractivity (Wildman–Crippen MR) is 85.5 cm³/mol. The zero-order valence-electron chi connectivity index (χ0n) is 13.0. The molecule has 0 spiro atoms. The molecule has 0 saturated carbocycles. The highest BCUT2D eigenvalue weighted by Crippen LogP contribution is 2.14. The van der Waals surface area contributed by atoms with Crippen molar-refractivity contribution < 1.29 is 9.32 Å². The van der Waals surface area contributed by atoms with E-state index < -0.39 is 0 Å². The molecule has 1 aromatic carbocycles. The number of nitrogens with one attached hydrogen (secondary N) is 1. The van der Waals surface area contributed by atoms with Crippen LogP contribution in [-0.4, -0.2) is 29.1 Å². The summed E-state index contributed by atoms with van der Waals surface area (Å²) in [5.74, 6) is 0.710. The quantitative estimate of drug-likeness (QED) is 0.889. The van der Waals surface area contributed by atoms with Crippen LogP contribution in [0.25, 0.3) is 0 Å². The number of aryl methyl sites for hydroxylation is 1. The Balaban J connectivity index is 1.87. The van der Waals surface area contributed by atoms with Gasteiger partial charge in [-0.1, -0.05) is 35.0 Å². The number of amides is 1. The molecule has 2 aromatic rings. The lowest BCUT2D eigenvalue weighted by atomic mass is 10.2. The maximum absolute atomic E-state index is 12.2. The van der Waals surface area contributed by atoms with Gasteiger partial charge >= 0.3 is 0 Å². The van der Waals surface area contributed by atoms with E-state index in [0.717, 1.165) is 17.0 Å². The Labute approximate surface area is 135 Å². The van der Waals surface area contributed by atoms with Gasteiger partial charge in [0.2, 0.25) is 5.91 Å². The van der Waals surface area contributed by atoms with Crippen LogP contribution in [-0.2, 0) is 17.9 Å². The molecule has 1 heterocycles. The van der Waals surface area contributed by atoms with Crippen molar-refractivity contribution in [3.05, 3.63) is 52.4 Å². The van der Waals surface area contributed by atoms with Crippen molar-refractivity contribution in [2.75, 3.05) is 7.05 Å². The monoisotopic (exact) mass is 321 g/mol. The second-order valence-electron chi connectivity index (χ2n) is 5.33. The number of carbonyl (C=O) groups excluding carboxylic acids is 1. The zero-order chi connectivity index (χ0) is 16.1. The Kier molecular flexibility index (Phi) is 5.57. The van der Waals surface area contributed by atoms with Crippen LogP contribution in [0.15, 0.2) is 34.9 Å². The molecule has 0 bridgehead atoms. The van der Waals surface area contributed by atoms with Gasteiger partial charge in [0.05, 0.1) is 11.7 Å². The summed E-state index contributed by atoms with van der Waals surface area (Å²) in [6.07, 6.45) is 0. The summed E-state index contributed by atoms with van der Waals surface area (Å²) in [5, 5.41) is 7.49. The first-order valence-electron chi connectivity index (χ1n) is 7.11. The number of halogens is 1. The molecule has 0 aliphatic heterocycles. The van der Waals surface area contributed by atoms with Crippen molar-refractivity contribution in [1.82, 2.24) is 15.4 Å². The molecule has 1 N–H and O–H groups in total. The Morgan fingerprint density at radius 1 is 1.45 bits per heavy atom. The number of aromatic nitrogens is 1. The normalized spacial score (nSPS) is 12.4. The van der Waals surface area contributed by atoms with Crippen LogP contribution in [0.4, 0.5) is 0 Å². The van der Waals surface area contributed by atoms with Gasteiger partial charge in [-0.25, -0.2) is 0 Å². The Bertz CT molecular complexity index is 642. The van der Waals surface area contributed by atoms with Crippen molar-refractivity contribution in [2.45, 2.75) is 33.0 Å². The molecule has 1 unspecified atom stereocenters. The third kappa shape index (κ3) is 4.32. The predicted octanol–water partition coefficient (Wildman–Crippen LogP) is 2.77. The summed E-state index contributed by atoms with van der Waals surface area (Å²) in [5.41, 5.74) is 1.71. The Morgan fingerprint density at radius 3 is 2.82 bits per heavy atom. The van der Waals surface area contributed by atoms with Crippen molar-refractivity contribution in [1.29, 1.82) is 0 Å². The Hall–Kier alpha value is -1.85. The maximum Gasteiger partial charge on any atom is 0.237 e. The van der Waals surface area contributed by atoms with E-state index in [1.807, 2.05) is 56.1 Å². The van der Waals surface area contributed by atoms with Crippen LogP contribution in [0, 0.1) is 6.92 Å². The topological polar surface area (TPSA) is 58.4 Å². The van der Waals surface area contributed by atoms with Gasteiger partial charge in [-0.05, 0) is 32.5 Å². The van der Waals surface area contributed by atoms with E-state index in [2.05, 4.69) is 10.5 Å². The molecule has 0 aliphatic carbocycles. The van der Waals surface area contributed by atoms with Gasteiger partial charge < -0.3 is 9.84 Å². The first-order chi connectivity index (χ1) is 10.5. The summed E-state index contributed by atoms with van der Waals surface area (Å²) >= 11 is 6.08. The second kappa shape index (κ2) is 7.42. The largest absolute Gasteiger partial charge is 0.361 e. The highest BCUT2D eigenvalue weighted by atomic mass is 35.5. The van der Waals surface area contributed by atoms with E-state index in [4.69, 9.17) is 16.1 Å².